The van der Waals surface area contributed by atoms with E-state index in [1.807, 2.05) is 0 Å². The van der Waals surface area contributed by atoms with Crippen molar-refractivity contribution in [2.45, 2.75) is 225 Å². The maximum atomic E-state index is 13.2. The summed E-state index contributed by atoms with van der Waals surface area (Å²) in [5.74, 6) is -1.16. The van der Waals surface area contributed by atoms with Crippen molar-refractivity contribution in [3.63, 3.8) is 0 Å². The van der Waals surface area contributed by atoms with E-state index >= 15 is 0 Å². The molecule has 0 radical (unpaired) electrons. The Hall–Kier alpha value is -0.670. The van der Waals surface area contributed by atoms with Gasteiger partial charge in [-0.15, -0.1) is 0 Å². The van der Waals surface area contributed by atoms with Gasteiger partial charge in [0.15, 0.2) is 11.4 Å². The molecule has 0 bridgehead atoms. The molecular formula is C39H78NO8P. The lowest BCUT2D eigenvalue weighted by molar-refractivity contribution is -0.187. The summed E-state index contributed by atoms with van der Waals surface area (Å²) in [5.41, 5.74) is -2.62. The van der Waals surface area contributed by atoms with Crippen LogP contribution in [0.25, 0.3) is 0 Å². The average Bonchev–Trinajstić information content (AvgIpc) is 3.07. The molecule has 0 spiro atoms. The minimum absolute atomic E-state index is 0.0685. The molecule has 9 nitrogen and oxygen atoms in total. The van der Waals surface area contributed by atoms with Gasteiger partial charge in [-0.3, -0.25) is 14.1 Å². The molecule has 0 saturated heterocycles. The summed E-state index contributed by atoms with van der Waals surface area (Å²) in [7, 11) is -4.64. The fraction of sp³-hybridized carbons (Fsp3) is 0.949. The Morgan fingerprint density at radius 2 is 0.939 bits per heavy atom. The van der Waals surface area contributed by atoms with Gasteiger partial charge in [0.2, 0.25) is 6.29 Å². The van der Waals surface area contributed by atoms with Crippen molar-refractivity contribution in [1.29, 1.82) is 0 Å². The Morgan fingerprint density at radius 3 is 1.29 bits per heavy atom. The average molecular weight is 720 g/mol. The molecule has 0 fully saturated rings. The van der Waals surface area contributed by atoms with Crippen LogP contribution in [0.3, 0.4) is 0 Å². The van der Waals surface area contributed by atoms with Gasteiger partial charge in [0.25, 0.3) is 0 Å². The predicted octanol–water partition coefficient (Wildman–Crippen LogP) is 10.0. The van der Waals surface area contributed by atoms with E-state index < -0.39 is 44.2 Å². The summed E-state index contributed by atoms with van der Waals surface area (Å²) in [6, 6.07) is 0. The highest BCUT2D eigenvalue weighted by atomic mass is 31.2. The minimum atomic E-state index is -4.64. The van der Waals surface area contributed by atoms with Crippen molar-refractivity contribution in [2.24, 2.45) is 0 Å². The van der Waals surface area contributed by atoms with Crippen LogP contribution in [0.2, 0.25) is 0 Å². The molecule has 0 amide bonds. The van der Waals surface area contributed by atoms with E-state index in [1.165, 1.54) is 122 Å². The van der Waals surface area contributed by atoms with Gasteiger partial charge in [-0.2, -0.15) is 0 Å². The van der Waals surface area contributed by atoms with Crippen molar-refractivity contribution >= 4 is 19.3 Å². The van der Waals surface area contributed by atoms with Crippen LogP contribution in [0, 0.1) is 0 Å². The van der Waals surface area contributed by atoms with Crippen LogP contribution in [-0.4, -0.2) is 56.8 Å². The number of aliphatic hydroxyl groups is 3. The second kappa shape index (κ2) is 33.2. The van der Waals surface area contributed by atoms with E-state index in [1.54, 1.807) is 0 Å². The Bertz CT molecular complexity index is 829. The van der Waals surface area contributed by atoms with Gasteiger partial charge in [-0.05, 0) is 12.8 Å². The molecule has 10 heteroatoms. The van der Waals surface area contributed by atoms with Crippen LogP contribution < -0.4 is 5.09 Å². The molecule has 3 unspecified atom stereocenters. The van der Waals surface area contributed by atoms with Gasteiger partial charge in [0.1, 0.15) is 5.78 Å². The molecule has 0 saturated carbocycles. The quantitative estimate of drug-likeness (QED) is 0.0237. The second-order valence-electron chi connectivity index (χ2n) is 14.4. The topological polar surface area (TPSA) is 153 Å². The van der Waals surface area contributed by atoms with Gasteiger partial charge in [-0.25, -0.2) is 9.65 Å². The molecule has 0 aromatic heterocycles. The van der Waals surface area contributed by atoms with Crippen LogP contribution in [0.5, 0.6) is 0 Å². The van der Waals surface area contributed by atoms with Gasteiger partial charge in [-0.1, -0.05) is 181 Å². The summed E-state index contributed by atoms with van der Waals surface area (Å²) in [5, 5.41) is 32.9. The Kier molecular flexibility index (Phi) is 32.7. The van der Waals surface area contributed by atoms with Crippen molar-refractivity contribution in [1.82, 2.24) is 5.09 Å². The third kappa shape index (κ3) is 28.6. The number of Topliss-reactive ketones (excluding diaryl/α,β-unsaturated/α-hetero) is 2. The number of aliphatic hydroxyl groups excluding tert-OH is 2. The molecule has 0 heterocycles. The monoisotopic (exact) mass is 720 g/mol. The zero-order chi connectivity index (χ0) is 36.5. The van der Waals surface area contributed by atoms with E-state index in [4.69, 9.17) is 9.63 Å². The van der Waals surface area contributed by atoms with E-state index in [-0.39, 0.29) is 19.4 Å². The first-order chi connectivity index (χ1) is 23.6. The fourth-order valence-corrected chi connectivity index (χ4v) is 7.28. The number of rotatable bonds is 39. The van der Waals surface area contributed by atoms with E-state index in [0.29, 0.717) is 12.8 Å². The number of ketones is 2. The van der Waals surface area contributed by atoms with Crippen molar-refractivity contribution in [2.75, 3.05) is 13.2 Å². The summed E-state index contributed by atoms with van der Waals surface area (Å²) >= 11 is 0. The predicted molar refractivity (Wildman–Crippen MR) is 201 cm³/mol. The lowest BCUT2D eigenvalue weighted by Gasteiger charge is -2.32. The molecule has 5 N–H and O–H groups in total. The molecule has 49 heavy (non-hydrogen) atoms. The van der Waals surface area contributed by atoms with Gasteiger partial charge in [0.05, 0.1) is 6.61 Å². The smallest absolute Gasteiger partial charge is 0.395 e. The van der Waals surface area contributed by atoms with Crippen LogP contribution in [0.15, 0.2) is 0 Å². The third-order valence-corrected chi connectivity index (χ3v) is 10.7. The molecule has 0 aromatic rings. The highest BCUT2D eigenvalue weighted by Crippen LogP contribution is 2.41. The van der Waals surface area contributed by atoms with Crippen LogP contribution in [-0.2, 0) is 18.7 Å². The SMILES string of the molecule is CCCCCCCCCCCCCCCCCC(=O)C(O)(CC(=O)CCCCCCCCCCCCCCC)C(O)OP(=O)(O)NCCO. The molecule has 3 atom stereocenters. The Labute approximate surface area is 300 Å². The van der Waals surface area contributed by atoms with Gasteiger partial charge in [0, 0.05) is 25.8 Å². The van der Waals surface area contributed by atoms with E-state index in [9.17, 15) is 29.3 Å². The van der Waals surface area contributed by atoms with Crippen molar-refractivity contribution < 1.29 is 38.9 Å². The third-order valence-electron chi connectivity index (χ3n) is 9.59. The highest BCUT2D eigenvalue weighted by Gasteiger charge is 2.47. The number of nitrogens with one attached hydrogen (secondary N) is 1. The number of hydrogen-bond donors (Lipinski definition) is 5. The maximum Gasteiger partial charge on any atom is 0.405 e. The van der Waals surface area contributed by atoms with E-state index in [0.717, 1.165) is 44.9 Å². The maximum absolute atomic E-state index is 13.2. The van der Waals surface area contributed by atoms with Gasteiger partial charge >= 0.3 is 7.75 Å². The largest absolute Gasteiger partial charge is 0.405 e. The minimum Gasteiger partial charge on any atom is -0.395 e. The summed E-state index contributed by atoms with van der Waals surface area (Å²) in [6.45, 7) is 3.74. The second-order valence-corrected chi connectivity index (χ2v) is 15.9. The molecule has 0 aliphatic carbocycles. The summed E-state index contributed by atoms with van der Waals surface area (Å²) in [6.07, 6.45) is 29.8. The van der Waals surface area contributed by atoms with Crippen LogP contribution in [0.1, 0.15) is 213 Å². The van der Waals surface area contributed by atoms with Crippen molar-refractivity contribution in [3.05, 3.63) is 0 Å². The molecule has 0 aromatic carbocycles. The lowest BCUT2D eigenvalue weighted by Crippen LogP contribution is -2.52. The standard InChI is InChI=1S/C39H78NO8P/c1-3-5-7-9-11-13-15-17-18-20-22-24-26-28-30-32-37(43)39(45,38(44)48-49(46,47)40-33-34-41)35-36(42)31-29-27-25-23-21-19-16-14-12-10-8-6-4-2/h38,41,44-45H,3-35H2,1-2H3,(H2,40,46,47). The molecule has 0 rings (SSSR count). The van der Waals surface area contributed by atoms with Gasteiger partial charge < -0.3 is 20.2 Å². The van der Waals surface area contributed by atoms with E-state index in [2.05, 4.69) is 18.9 Å². The lowest BCUT2D eigenvalue weighted by atomic mass is 9.87. The van der Waals surface area contributed by atoms with Crippen molar-refractivity contribution in [3.8, 4) is 0 Å². The van der Waals surface area contributed by atoms with Crippen LogP contribution >= 0.6 is 7.75 Å². The highest BCUT2D eigenvalue weighted by molar-refractivity contribution is 7.50. The fourth-order valence-electron chi connectivity index (χ4n) is 6.38. The summed E-state index contributed by atoms with van der Waals surface area (Å²) in [4.78, 5) is 36.0. The normalized spacial score (nSPS) is 14.8. The summed E-state index contributed by atoms with van der Waals surface area (Å²) < 4.78 is 17.1. The number of carbonyl (C=O) groups excluding carboxylic acids is 2. The number of unbranched alkanes of at least 4 members (excludes halogenated alkanes) is 26. The number of hydrogen-bond acceptors (Lipinski definition) is 7. The first kappa shape index (κ1) is 48.3. The number of carbonyl (C=O) groups is 2. The first-order valence-electron chi connectivity index (χ1n) is 20.5. The zero-order valence-electron chi connectivity index (χ0n) is 31.8. The first-order valence-corrected chi connectivity index (χ1v) is 22.0. The molecule has 292 valence electrons. The molecule has 0 aliphatic rings. The molecule has 0 aliphatic heterocycles. The van der Waals surface area contributed by atoms with Crippen LogP contribution in [0.4, 0.5) is 0 Å². The Balaban J connectivity index is 4.50. The Morgan fingerprint density at radius 1 is 0.612 bits per heavy atom. The zero-order valence-corrected chi connectivity index (χ0v) is 32.7. The molecular weight excluding hydrogens is 641 g/mol.